The molecule has 26 heavy (non-hydrogen) atoms. The average molecular weight is 433 g/mol. The van der Waals surface area contributed by atoms with Crippen LogP contribution in [0, 0.1) is 6.92 Å². The molecule has 3 rings (SSSR count). The van der Waals surface area contributed by atoms with E-state index in [2.05, 4.69) is 26.1 Å². The molecule has 1 saturated heterocycles. The fraction of sp³-hybridized carbons (Fsp3) is 0.300. The van der Waals surface area contributed by atoms with E-state index in [1.54, 1.807) is 0 Å². The molecule has 6 heteroatoms. The Morgan fingerprint density at radius 3 is 2.54 bits per heavy atom. The fourth-order valence-electron chi connectivity index (χ4n) is 2.86. The number of halogens is 1. The summed E-state index contributed by atoms with van der Waals surface area (Å²) in [6.45, 7) is 4.01. The quantitative estimate of drug-likeness (QED) is 0.703. The summed E-state index contributed by atoms with van der Waals surface area (Å²) < 4.78 is 6.59. The first-order chi connectivity index (χ1) is 12.5. The van der Waals surface area contributed by atoms with Crippen molar-refractivity contribution in [3.63, 3.8) is 0 Å². The minimum absolute atomic E-state index is 0.0367. The molecule has 0 saturated carbocycles. The molecule has 0 radical (unpaired) electrons. The van der Waals surface area contributed by atoms with Crippen molar-refractivity contribution in [3.8, 4) is 5.75 Å². The van der Waals surface area contributed by atoms with Crippen molar-refractivity contribution in [1.29, 1.82) is 0 Å². The van der Waals surface area contributed by atoms with Gasteiger partial charge in [-0.2, -0.15) is 0 Å². The molecule has 0 spiro atoms. The van der Waals surface area contributed by atoms with E-state index in [1.165, 1.54) is 12.8 Å². The number of carbonyl (C=O) groups is 1. The monoisotopic (exact) mass is 432 g/mol. The van der Waals surface area contributed by atoms with Crippen molar-refractivity contribution in [2.75, 3.05) is 25.0 Å². The summed E-state index contributed by atoms with van der Waals surface area (Å²) in [4.78, 5) is 15.2. The van der Waals surface area contributed by atoms with Crippen molar-refractivity contribution < 1.29 is 9.53 Å². The molecule has 0 unspecified atom stereocenters. The predicted molar refractivity (Wildman–Crippen MR) is 112 cm³/mol. The first-order valence-electron chi connectivity index (χ1n) is 8.61. The lowest BCUT2D eigenvalue weighted by Gasteiger charge is -2.18. The van der Waals surface area contributed by atoms with E-state index in [0.717, 1.165) is 39.4 Å². The van der Waals surface area contributed by atoms with Gasteiger partial charge in [0.2, 0.25) is 0 Å². The minimum atomic E-state index is -0.191. The van der Waals surface area contributed by atoms with Crippen molar-refractivity contribution in [1.82, 2.24) is 4.90 Å². The molecule has 4 nitrogen and oxygen atoms in total. The van der Waals surface area contributed by atoms with Crippen LogP contribution in [0.4, 0.5) is 5.69 Å². The molecule has 0 aliphatic carbocycles. The van der Waals surface area contributed by atoms with Crippen LogP contribution < -0.4 is 10.1 Å². The van der Waals surface area contributed by atoms with E-state index in [4.69, 9.17) is 17.0 Å². The van der Waals surface area contributed by atoms with Crippen LogP contribution in [0.15, 0.2) is 46.9 Å². The number of amides is 1. The summed E-state index contributed by atoms with van der Waals surface area (Å²) in [6, 6.07) is 13.3. The second kappa shape index (κ2) is 8.64. The highest BCUT2D eigenvalue weighted by atomic mass is 79.9. The topological polar surface area (TPSA) is 41.6 Å². The fourth-order valence-corrected chi connectivity index (χ4v) is 3.43. The van der Waals surface area contributed by atoms with Gasteiger partial charge in [-0.1, -0.05) is 28.1 Å². The summed E-state index contributed by atoms with van der Waals surface area (Å²) in [7, 11) is 0. The maximum Gasteiger partial charge on any atom is 0.262 e. The Morgan fingerprint density at radius 1 is 1.19 bits per heavy atom. The molecule has 1 N–H and O–H groups in total. The highest BCUT2D eigenvalue weighted by molar-refractivity contribution is 9.10. The molecule has 2 aromatic rings. The smallest absolute Gasteiger partial charge is 0.262 e. The van der Waals surface area contributed by atoms with E-state index >= 15 is 0 Å². The molecule has 1 heterocycles. The van der Waals surface area contributed by atoms with E-state index in [-0.39, 0.29) is 12.5 Å². The summed E-state index contributed by atoms with van der Waals surface area (Å²) in [5, 5.41) is 2.83. The molecule has 136 valence electrons. The zero-order valence-electron chi connectivity index (χ0n) is 14.6. The number of rotatable bonds is 5. The SMILES string of the molecule is Cc1cc(NC(=O)COc2ccc(C(=S)N3CCCC3)cc2)ccc1Br. The maximum absolute atomic E-state index is 12.1. The van der Waals surface area contributed by atoms with E-state index in [0.29, 0.717) is 5.75 Å². The molecular weight excluding hydrogens is 412 g/mol. The van der Waals surface area contributed by atoms with Crippen LogP contribution in [0.2, 0.25) is 0 Å². The summed E-state index contributed by atoms with van der Waals surface area (Å²) in [6.07, 6.45) is 2.41. The van der Waals surface area contributed by atoms with Crippen LogP contribution in [0.1, 0.15) is 24.0 Å². The van der Waals surface area contributed by atoms with Crippen LogP contribution in [0.5, 0.6) is 5.75 Å². The Labute approximate surface area is 167 Å². The average Bonchev–Trinajstić information content (AvgIpc) is 3.18. The molecular formula is C20H21BrN2O2S. The highest BCUT2D eigenvalue weighted by Gasteiger charge is 2.16. The summed E-state index contributed by atoms with van der Waals surface area (Å²) >= 11 is 8.98. The lowest BCUT2D eigenvalue weighted by Crippen LogP contribution is -2.26. The second-order valence-corrected chi connectivity index (χ2v) is 7.57. The Hall–Kier alpha value is -1.92. The summed E-state index contributed by atoms with van der Waals surface area (Å²) in [5.74, 6) is 0.462. The van der Waals surface area contributed by atoms with Gasteiger partial charge in [0.05, 0.1) is 0 Å². The molecule has 1 aliphatic heterocycles. The number of hydrogen-bond acceptors (Lipinski definition) is 3. The second-order valence-electron chi connectivity index (χ2n) is 6.32. The molecule has 0 aromatic heterocycles. The predicted octanol–water partition coefficient (Wildman–Crippen LogP) is 4.55. The highest BCUT2D eigenvalue weighted by Crippen LogP contribution is 2.20. The number of nitrogens with one attached hydrogen (secondary N) is 1. The number of ether oxygens (including phenoxy) is 1. The normalized spacial score (nSPS) is 13.5. The Morgan fingerprint density at radius 2 is 1.88 bits per heavy atom. The third-order valence-electron chi connectivity index (χ3n) is 4.31. The first kappa shape index (κ1) is 18.9. The standard InChI is InChI=1S/C20H21BrN2O2S/c1-14-12-16(6-9-18(14)21)22-19(24)13-25-17-7-4-15(5-8-17)20(26)23-10-2-3-11-23/h4-9,12H,2-3,10-11,13H2,1H3,(H,22,24). The van der Waals surface area contributed by atoms with Gasteiger partial charge in [-0.25, -0.2) is 0 Å². The van der Waals surface area contributed by atoms with E-state index < -0.39 is 0 Å². The van der Waals surface area contributed by atoms with Gasteiger partial charge in [-0.05, 0) is 67.8 Å². The number of carbonyl (C=O) groups excluding carboxylic acids is 1. The number of hydrogen-bond donors (Lipinski definition) is 1. The first-order valence-corrected chi connectivity index (χ1v) is 9.81. The van der Waals surface area contributed by atoms with Crippen LogP contribution in [-0.2, 0) is 4.79 Å². The summed E-state index contributed by atoms with van der Waals surface area (Å²) in [5.41, 5.74) is 2.84. The number of nitrogens with zero attached hydrogens (tertiary/aromatic N) is 1. The van der Waals surface area contributed by atoms with Crippen LogP contribution >= 0.6 is 28.1 Å². The minimum Gasteiger partial charge on any atom is -0.484 e. The molecule has 0 bridgehead atoms. The number of aryl methyl sites for hydroxylation is 1. The van der Waals surface area contributed by atoms with Gasteiger partial charge in [0.15, 0.2) is 6.61 Å². The Bertz CT molecular complexity index is 802. The third-order valence-corrected chi connectivity index (χ3v) is 5.69. The zero-order chi connectivity index (χ0) is 18.5. The molecule has 1 aliphatic rings. The number of benzene rings is 2. The van der Waals surface area contributed by atoms with Gasteiger partial charge >= 0.3 is 0 Å². The van der Waals surface area contributed by atoms with Gasteiger partial charge < -0.3 is 15.0 Å². The number of likely N-dealkylation sites (tertiary alicyclic amines) is 1. The Kier molecular flexibility index (Phi) is 6.27. The van der Waals surface area contributed by atoms with Gasteiger partial charge in [0, 0.05) is 28.8 Å². The van der Waals surface area contributed by atoms with Crippen molar-refractivity contribution >= 4 is 44.7 Å². The molecule has 2 aromatic carbocycles. The largest absolute Gasteiger partial charge is 0.484 e. The van der Waals surface area contributed by atoms with Crippen LogP contribution in [-0.4, -0.2) is 35.5 Å². The van der Waals surface area contributed by atoms with Gasteiger partial charge in [-0.3, -0.25) is 4.79 Å². The number of anilines is 1. The maximum atomic E-state index is 12.1. The van der Waals surface area contributed by atoms with Crippen LogP contribution in [0.3, 0.4) is 0 Å². The van der Waals surface area contributed by atoms with E-state index in [1.807, 2.05) is 49.4 Å². The van der Waals surface area contributed by atoms with Crippen LogP contribution in [0.25, 0.3) is 0 Å². The van der Waals surface area contributed by atoms with Crippen molar-refractivity contribution in [2.45, 2.75) is 19.8 Å². The molecule has 1 amide bonds. The lowest BCUT2D eigenvalue weighted by molar-refractivity contribution is -0.118. The Balaban J connectivity index is 1.51. The third kappa shape index (κ3) is 4.83. The van der Waals surface area contributed by atoms with Gasteiger partial charge in [0.25, 0.3) is 5.91 Å². The lowest BCUT2D eigenvalue weighted by atomic mass is 10.2. The molecule has 1 fully saturated rings. The van der Waals surface area contributed by atoms with Gasteiger partial charge in [-0.15, -0.1) is 0 Å². The zero-order valence-corrected chi connectivity index (χ0v) is 17.0. The van der Waals surface area contributed by atoms with Crippen molar-refractivity contribution in [2.24, 2.45) is 0 Å². The van der Waals surface area contributed by atoms with Crippen molar-refractivity contribution in [3.05, 3.63) is 58.1 Å². The molecule has 0 atom stereocenters. The van der Waals surface area contributed by atoms with E-state index in [9.17, 15) is 4.79 Å². The van der Waals surface area contributed by atoms with Gasteiger partial charge in [0.1, 0.15) is 10.7 Å². The number of thiocarbonyl (C=S) groups is 1.